The maximum Gasteiger partial charge on any atom is 0.270 e. The standard InChI is InChI=1S/C20H22N4O3/c1-20(2)17-11-15(24(25)26)7-10-18(17)23(3)19(20)13-22-21-12-14-5-8-16(27-4)9-6-14/h5-11,13H,12H2,1-4H3/p+1. The number of nitro groups is 1. The van der Waals surface area contributed by atoms with Crippen LogP contribution in [-0.2, 0) is 12.0 Å². The first-order chi connectivity index (χ1) is 12.8. The Bertz CT molecular complexity index is 931. The van der Waals surface area contributed by atoms with E-state index in [2.05, 4.69) is 10.5 Å². The number of nitrogens with one attached hydrogen (secondary N) is 1. The van der Waals surface area contributed by atoms with E-state index in [0.717, 1.165) is 28.3 Å². The maximum atomic E-state index is 11.1. The molecule has 0 amide bonds. The van der Waals surface area contributed by atoms with Crippen molar-refractivity contribution in [2.45, 2.75) is 25.8 Å². The van der Waals surface area contributed by atoms with Gasteiger partial charge < -0.3 is 10.2 Å². The van der Waals surface area contributed by atoms with Crippen LogP contribution in [0, 0.1) is 10.1 Å². The van der Waals surface area contributed by atoms with Crippen molar-refractivity contribution in [3.8, 4) is 5.75 Å². The van der Waals surface area contributed by atoms with Crippen LogP contribution in [0.25, 0.3) is 0 Å². The summed E-state index contributed by atoms with van der Waals surface area (Å²) in [4.78, 5) is 10.7. The van der Waals surface area contributed by atoms with Gasteiger partial charge in [0.1, 0.15) is 19.0 Å². The highest BCUT2D eigenvalue weighted by molar-refractivity contribution is 6.33. The highest BCUT2D eigenvalue weighted by Crippen LogP contribution is 2.40. The van der Waals surface area contributed by atoms with Gasteiger partial charge in [-0.3, -0.25) is 10.1 Å². The van der Waals surface area contributed by atoms with Crippen LogP contribution in [0.4, 0.5) is 11.4 Å². The fourth-order valence-corrected chi connectivity index (χ4v) is 3.35. The number of nitrogens with zero attached hydrogens (tertiary/aromatic N) is 3. The SMILES string of the molecule is COc1ccc(CNN=CC2=[N+](C)c3ccc([N+](=O)[O-])cc3C2(C)C)cc1. The molecule has 0 saturated carbocycles. The van der Waals surface area contributed by atoms with Crippen molar-refractivity contribution in [2.75, 3.05) is 14.2 Å². The van der Waals surface area contributed by atoms with Crippen LogP contribution in [0.1, 0.15) is 25.0 Å². The molecular formula is C20H23N4O3+. The zero-order chi connectivity index (χ0) is 19.6. The maximum absolute atomic E-state index is 11.1. The van der Waals surface area contributed by atoms with E-state index < -0.39 is 0 Å². The first kappa shape index (κ1) is 18.6. The number of hydrogen-bond donors (Lipinski definition) is 1. The Morgan fingerprint density at radius 1 is 1.26 bits per heavy atom. The highest BCUT2D eigenvalue weighted by Gasteiger charge is 2.44. The van der Waals surface area contributed by atoms with E-state index in [-0.39, 0.29) is 16.0 Å². The summed E-state index contributed by atoms with van der Waals surface area (Å²) in [5, 5.41) is 15.5. The predicted molar refractivity (Wildman–Crippen MR) is 105 cm³/mol. The van der Waals surface area contributed by atoms with Crippen LogP contribution in [0.3, 0.4) is 0 Å². The van der Waals surface area contributed by atoms with Crippen LogP contribution < -0.4 is 10.2 Å². The average molecular weight is 367 g/mol. The van der Waals surface area contributed by atoms with E-state index in [1.54, 1.807) is 25.5 Å². The molecule has 0 aliphatic carbocycles. The average Bonchev–Trinajstić information content (AvgIpc) is 2.85. The number of non-ortho nitro benzene ring substituents is 1. The summed E-state index contributed by atoms with van der Waals surface area (Å²) in [7, 11) is 3.59. The molecule has 1 heterocycles. The summed E-state index contributed by atoms with van der Waals surface area (Å²) < 4.78 is 7.18. The van der Waals surface area contributed by atoms with E-state index in [0.29, 0.717) is 6.54 Å². The van der Waals surface area contributed by atoms with Crippen molar-refractivity contribution in [1.82, 2.24) is 5.43 Å². The van der Waals surface area contributed by atoms with Crippen molar-refractivity contribution in [3.05, 3.63) is 63.7 Å². The van der Waals surface area contributed by atoms with Crippen LogP contribution in [0.5, 0.6) is 5.75 Å². The zero-order valence-corrected chi connectivity index (χ0v) is 15.9. The Kier molecular flexibility index (Phi) is 4.94. The molecule has 2 aromatic carbocycles. The number of hydrogen-bond acceptors (Lipinski definition) is 5. The molecule has 0 saturated heterocycles. The van der Waals surface area contributed by atoms with E-state index in [4.69, 9.17) is 4.74 Å². The van der Waals surface area contributed by atoms with Crippen molar-refractivity contribution in [3.63, 3.8) is 0 Å². The Morgan fingerprint density at radius 2 is 1.96 bits per heavy atom. The van der Waals surface area contributed by atoms with Gasteiger partial charge in [0.2, 0.25) is 11.4 Å². The quantitative estimate of drug-likeness (QED) is 0.367. The Balaban J connectivity index is 1.75. The second-order valence-corrected chi connectivity index (χ2v) is 6.97. The molecule has 140 valence electrons. The molecule has 27 heavy (non-hydrogen) atoms. The van der Waals surface area contributed by atoms with Crippen molar-refractivity contribution < 1.29 is 14.2 Å². The largest absolute Gasteiger partial charge is 0.497 e. The molecule has 2 aromatic rings. The monoisotopic (exact) mass is 367 g/mol. The number of benzene rings is 2. The van der Waals surface area contributed by atoms with Gasteiger partial charge >= 0.3 is 0 Å². The van der Waals surface area contributed by atoms with Gasteiger partial charge in [-0.15, -0.1) is 0 Å². The van der Waals surface area contributed by atoms with Crippen LogP contribution in [0.2, 0.25) is 0 Å². The summed E-state index contributed by atoms with van der Waals surface area (Å²) in [6.07, 6.45) is 1.79. The second-order valence-electron chi connectivity index (χ2n) is 6.97. The third-order valence-electron chi connectivity index (χ3n) is 4.95. The van der Waals surface area contributed by atoms with E-state index in [1.165, 1.54) is 6.07 Å². The Hall–Kier alpha value is -3.22. The smallest absolute Gasteiger partial charge is 0.270 e. The fraction of sp³-hybridized carbons (Fsp3) is 0.300. The number of ether oxygens (including phenoxy) is 1. The minimum absolute atomic E-state index is 0.103. The van der Waals surface area contributed by atoms with Crippen LogP contribution >= 0.6 is 0 Å². The van der Waals surface area contributed by atoms with Crippen molar-refractivity contribution >= 4 is 23.3 Å². The van der Waals surface area contributed by atoms with Gasteiger partial charge in [0.05, 0.1) is 24.0 Å². The minimum atomic E-state index is -0.374. The molecule has 1 aliphatic rings. The van der Waals surface area contributed by atoms with Gasteiger partial charge in [-0.1, -0.05) is 12.1 Å². The first-order valence-corrected chi connectivity index (χ1v) is 8.63. The van der Waals surface area contributed by atoms with Gasteiger partial charge in [0.15, 0.2) is 0 Å². The van der Waals surface area contributed by atoms with Crippen molar-refractivity contribution in [2.24, 2.45) is 5.10 Å². The third-order valence-corrected chi connectivity index (χ3v) is 4.95. The van der Waals surface area contributed by atoms with Gasteiger partial charge in [-0.05, 0) is 31.5 Å². The molecular weight excluding hydrogens is 344 g/mol. The summed E-state index contributed by atoms with van der Waals surface area (Å²) in [5.74, 6) is 0.819. The topological polar surface area (TPSA) is 79.8 Å². The summed E-state index contributed by atoms with van der Waals surface area (Å²) in [5.41, 5.74) is 6.74. The lowest BCUT2D eigenvalue weighted by molar-refractivity contribution is -0.401. The van der Waals surface area contributed by atoms with E-state index >= 15 is 0 Å². The minimum Gasteiger partial charge on any atom is -0.497 e. The Labute approximate surface area is 158 Å². The van der Waals surface area contributed by atoms with Gasteiger partial charge in [0, 0.05) is 23.8 Å². The molecule has 0 unspecified atom stereocenters. The molecule has 7 nitrogen and oxygen atoms in total. The lowest BCUT2D eigenvalue weighted by atomic mass is 9.82. The highest BCUT2D eigenvalue weighted by atomic mass is 16.6. The third kappa shape index (κ3) is 3.53. The lowest BCUT2D eigenvalue weighted by Gasteiger charge is -2.14. The lowest BCUT2D eigenvalue weighted by Crippen LogP contribution is -2.30. The fourth-order valence-electron chi connectivity index (χ4n) is 3.35. The second kappa shape index (κ2) is 7.19. The van der Waals surface area contributed by atoms with Gasteiger partial charge in [0.25, 0.3) is 5.69 Å². The Morgan fingerprint density at radius 3 is 2.59 bits per heavy atom. The molecule has 0 fully saturated rings. The van der Waals surface area contributed by atoms with Gasteiger partial charge in [-0.25, -0.2) is 0 Å². The van der Waals surface area contributed by atoms with Crippen LogP contribution in [0.15, 0.2) is 47.6 Å². The zero-order valence-electron chi connectivity index (χ0n) is 15.9. The summed E-state index contributed by atoms with van der Waals surface area (Å²) in [6, 6.07) is 12.8. The van der Waals surface area contributed by atoms with Gasteiger partial charge in [-0.2, -0.15) is 9.68 Å². The molecule has 0 aromatic heterocycles. The molecule has 7 heteroatoms. The molecule has 0 atom stereocenters. The number of nitro benzene ring substituents is 1. The molecule has 0 bridgehead atoms. The predicted octanol–water partition coefficient (Wildman–Crippen LogP) is 3.39. The van der Waals surface area contributed by atoms with Crippen molar-refractivity contribution in [1.29, 1.82) is 0 Å². The molecule has 1 N–H and O–H groups in total. The number of fused-ring (bicyclic) bond motifs is 1. The normalized spacial score (nSPS) is 15.1. The first-order valence-electron chi connectivity index (χ1n) is 8.63. The van der Waals surface area contributed by atoms with E-state index in [1.807, 2.05) is 49.7 Å². The number of rotatable bonds is 6. The summed E-state index contributed by atoms with van der Waals surface area (Å²) in [6.45, 7) is 4.68. The molecule has 3 rings (SSSR count). The molecule has 1 aliphatic heterocycles. The van der Waals surface area contributed by atoms with E-state index in [9.17, 15) is 10.1 Å². The number of methoxy groups -OCH3 is 1. The van der Waals surface area contributed by atoms with Crippen LogP contribution in [-0.4, -0.2) is 35.6 Å². The molecule has 0 spiro atoms. The molecule has 0 radical (unpaired) electrons. The summed E-state index contributed by atoms with van der Waals surface area (Å²) >= 11 is 0. The number of hydrazone groups is 1.